The summed E-state index contributed by atoms with van der Waals surface area (Å²) < 4.78 is 0. The van der Waals surface area contributed by atoms with Gasteiger partial charge in [-0.25, -0.2) is 0 Å². The molecule has 0 aromatic carbocycles. The molecule has 0 amide bonds. The predicted molar refractivity (Wildman–Crippen MR) is 54.4 cm³/mol. The highest BCUT2D eigenvalue weighted by Gasteiger charge is 2.43. The lowest BCUT2D eigenvalue weighted by atomic mass is 9.47. The van der Waals surface area contributed by atoms with E-state index in [2.05, 4.69) is 22.6 Å². The van der Waals surface area contributed by atoms with Crippen molar-refractivity contribution >= 4 is 15.7 Å². The fraction of sp³-hybridized carbons (Fsp3) is 1.00. The second-order valence-electron chi connectivity index (χ2n) is 5.65. The van der Waals surface area contributed by atoms with Gasteiger partial charge in [0, 0.05) is 0 Å². The quantitative estimate of drug-likeness (QED) is 0.483. The summed E-state index contributed by atoms with van der Waals surface area (Å²) in [5, 5.41) is 0.583. The summed E-state index contributed by atoms with van der Waals surface area (Å²) in [6.45, 7) is 2.42. The van der Waals surface area contributed by atoms with E-state index in [0.717, 1.165) is 17.8 Å². The van der Waals surface area contributed by atoms with E-state index in [9.17, 15) is 0 Å². The van der Waals surface area contributed by atoms with Crippen LogP contribution in [0.1, 0.15) is 32.6 Å². The molecule has 0 aliphatic heterocycles. The van der Waals surface area contributed by atoms with Gasteiger partial charge in [-0.05, 0) is 37.0 Å². The van der Waals surface area contributed by atoms with Gasteiger partial charge in [0.15, 0.2) is 0 Å². The van der Waals surface area contributed by atoms with Gasteiger partial charge in [0.25, 0.3) is 0 Å². The molecule has 0 saturated heterocycles. The predicted octanol–water partition coefficient (Wildman–Crippen LogP) is 0.825. The van der Waals surface area contributed by atoms with E-state index >= 15 is 0 Å². The average molecular weight is 148 g/mol. The van der Waals surface area contributed by atoms with Crippen LogP contribution in [0.2, 0.25) is 5.21 Å². The van der Waals surface area contributed by atoms with Crippen LogP contribution in [-0.4, -0.2) is 15.7 Å². The van der Waals surface area contributed by atoms with Gasteiger partial charge in [0.2, 0.25) is 0 Å². The lowest BCUT2D eigenvalue weighted by molar-refractivity contribution is 0.306. The van der Waals surface area contributed by atoms with Gasteiger partial charge < -0.3 is 0 Å². The van der Waals surface area contributed by atoms with Crippen molar-refractivity contribution in [3.63, 3.8) is 0 Å². The first-order valence-electron chi connectivity index (χ1n) is 5.07. The van der Waals surface area contributed by atoms with Crippen molar-refractivity contribution in [1.82, 2.24) is 0 Å². The van der Waals surface area contributed by atoms with E-state index in [-0.39, 0.29) is 0 Å². The van der Waals surface area contributed by atoms with Crippen LogP contribution in [0.4, 0.5) is 0 Å². The molecule has 2 saturated carbocycles. The molecule has 2 aliphatic rings. The van der Waals surface area contributed by atoms with E-state index < -0.39 is 0 Å². The van der Waals surface area contributed by atoms with Gasteiger partial charge >= 0.3 is 0 Å². The van der Waals surface area contributed by atoms with Crippen LogP contribution >= 0.6 is 0 Å². The fourth-order valence-electron chi connectivity index (χ4n) is 3.31. The van der Waals surface area contributed by atoms with E-state index in [1.165, 1.54) is 19.3 Å². The average Bonchev–Trinajstić information content (AvgIpc) is 2.42. The van der Waals surface area contributed by atoms with Crippen molar-refractivity contribution in [1.29, 1.82) is 0 Å². The molecule has 2 rings (SSSR count). The molecule has 0 aromatic rings. The fourth-order valence-corrected chi connectivity index (χ4v) is 3.31. The Morgan fingerprint density at radius 3 is 2.18 bits per heavy atom. The molecule has 2 heteroatoms. The van der Waals surface area contributed by atoms with Crippen LogP contribution in [0, 0.1) is 17.8 Å². The molecule has 2 aliphatic carbocycles. The first-order chi connectivity index (χ1) is 5.07. The molecule has 2 bridgehead atoms. The van der Waals surface area contributed by atoms with Gasteiger partial charge in [0.05, 0.1) is 15.7 Å². The number of hydrogen-bond acceptors (Lipinski definition) is 0. The number of hydrogen-bond donors (Lipinski definition) is 0. The van der Waals surface area contributed by atoms with Crippen molar-refractivity contribution < 1.29 is 0 Å². The Bertz CT molecular complexity index is 159. The van der Waals surface area contributed by atoms with Gasteiger partial charge in [-0.3, -0.25) is 0 Å². The van der Waals surface area contributed by atoms with Crippen molar-refractivity contribution in [3.05, 3.63) is 0 Å². The van der Waals surface area contributed by atoms with Gasteiger partial charge in [-0.1, -0.05) is 18.6 Å². The van der Waals surface area contributed by atoms with Crippen LogP contribution in [0.15, 0.2) is 0 Å². The topological polar surface area (TPSA) is 0 Å². The van der Waals surface area contributed by atoms with Crippen molar-refractivity contribution in [2.24, 2.45) is 17.8 Å². The molecular formula is C9H18B2. The third kappa shape index (κ3) is 1.25. The Labute approximate surface area is 72.0 Å². The highest BCUT2D eigenvalue weighted by molar-refractivity contribution is 6.39. The summed E-state index contributed by atoms with van der Waals surface area (Å²) in [4.78, 5) is 0. The summed E-state index contributed by atoms with van der Waals surface area (Å²) in [5.41, 5.74) is 0. The second kappa shape index (κ2) is 2.31. The highest BCUT2D eigenvalue weighted by atomic mass is 14.5. The molecule has 3 unspecified atom stereocenters. The molecule has 60 valence electrons. The summed E-state index contributed by atoms with van der Waals surface area (Å²) in [5.74, 6) is 3.26. The van der Waals surface area contributed by atoms with E-state index in [0.29, 0.717) is 5.21 Å². The van der Waals surface area contributed by atoms with Gasteiger partial charge in [-0.15, -0.1) is 0 Å². The summed E-state index contributed by atoms with van der Waals surface area (Å²) in [6, 6.07) is 0. The summed E-state index contributed by atoms with van der Waals surface area (Å²) in [6.07, 6.45) is 6.17. The Balaban J connectivity index is 2.08. The molecule has 2 fully saturated rings. The lowest BCUT2D eigenvalue weighted by Gasteiger charge is -2.34. The smallest absolute Gasteiger partial charge is 0.0842 e. The minimum Gasteiger partial charge on any atom is -0.0842 e. The lowest BCUT2D eigenvalue weighted by Crippen LogP contribution is -2.25. The highest BCUT2D eigenvalue weighted by Crippen LogP contribution is 2.54. The maximum Gasteiger partial charge on any atom is 0.0992 e. The number of rotatable bonds is 1. The molecule has 0 radical (unpaired) electrons. The zero-order valence-electron chi connectivity index (χ0n) is 8.06. The molecule has 0 nitrogen and oxygen atoms in total. The van der Waals surface area contributed by atoms with Gasteiger partial charge in [0.1, 0.15) is 0 Å². The maximum absolute atomic E-state index is 2.42. The first kappa shape index (κ1) is 7.76. The summed E-state index contributed by atoms with van der Waals surface area (Å²) in [7, 11) is 4.83. The van der Waals surface area contributed by atoms with Crippen molar-refractivity contribution in [2.45, 2.75) is 37.8 Å². The van der Waals surface area contributed by atoms with Crippen molar-refractivity contribution in [3.8, 4) is 0 Å². The Kier molecular flexibility index (Phi) is 1.63. The largest absolute Gasteiger partial charge is 0.0992 e. The van der Waals surface area contributed by atoms with Crippen LogP contribution < -0.4 is 0 Å². The first-order valence-corrected chi connectivity index (χ1v) is 5.07. The molecular weight excluding hydrogens is 130 g/mol. The van der Waals surface area contributed by atoms with Crippen LogP contribution in [0.5, 0.6) is 0 Å². The van der Waals surface area contributed by atoms with E-state index in [1.807, 2.05) is 0 Å². The summed E-state index contributed by atoms with van der Waals surface area (Å²) >= 11 is 0. The molecule has 0 aromatic heterocycles. The Morgan fingerprint density at radius 2 is 1.91 bits per heavy atom. The SMILES string of the molecule is BC(B)(C)C1CC2CCC1C2. The zero-order chi connectivity index (χ0) is 8.06. The Morgan fingerprint density at radius 1 is 1.18 bits per heavy atom. The van der Waals surface area contributed by atoms with E-state index in [4.69, 9.17) is 0 Å². The normalized spacial score (nSPS) is 43.2. The molecule has 3 atom stereocenters. The Hall–Kier alpha value is 0.130. The molecule has 11 heavy (non-hydrogen) atoms. The molecule has 0 N–H and O–H groups in total. The van der Waals surface area contributed by atoms with E-state index in [1.54, 1.807) is 6.42 Å². The minimum atomic E-state index is 0.583. The van der Waals surface area contributed by atoms with Crippen LogP contribution in [0.25, 0.3) is 0 Å². The van der Waals surface area contributed by atoms with Crippen molar-refractivity contribution in [2.75, 3.05) is 0 Å². The molecule has 0 spiro atoms. The monoisotopic (exact) mass is 148 g/mol. The standard InChI is InChI=1S/C9H18B2/c1-9(10,11)8-5-6-2-3-7(8)4-6/h6-8H,2-5,10-11H2,1H3. The third-order valence-electron chi connectivity index (χ3n) is 3.85. The van der Waals surface area contributed by atoms with Crippen LogP contribution in [0.3, 0.4) is 0 Å². The molecule has 0 heterocycles. The minimum absolute atomic E-state index is 0.583. The van der Waals surface area contributed by atoms with Gasteiger partial charge in [-0.2, -0.15) is 0 Å². The number of fused-ring (bicyclic) bond motifs is 2. The second-order valence-corrected chi connectivity index (χ2v) is 5.65. The zero-order valence-corrected chi connectivity index (χ0v) is 8.06. The maximum atomic E-state index is 2.42. The third-order valence-corrected chi connectivity index (χ3v) is 3.85. The van der Waals surface area contributed by atoms with Crippen LogP contribution in [-0.2, 0) is 0 Å².